The molecule has 0 spiro atoms. The molecule has 1 amide bonds. The average Bonchev–Trinajstić information content (AvgIpc) is 2.77. The van der Waals surface area contributed by atoms with E-state index in [1.165, 1.54) is 6.07 Å². The van der Waals surface area contributed by atoms with Gasteiger partial charge in [0.1, 0.15) is 11.5 Å². The molecule has 0 atom stereocenters. The number of ether oxygens (including phenoxy) is 2. The van der Waals surface area contributed by atoms with Crippen LogP contribution in [-0.2, 0) is 11.3 Å². The molecule has 2 aromatic carbocycles. The van der Waals surface area contributed by atoms with Crippen molar-refractivity contribution in [2.24, 2.45) is 0 Å². The van der Waals surface area contributed by atoms with Crippen LogP contribution in [0, 0.1) is 10.1 Å². The molecular formula is C22H25N3O5. The molecule has 1 heterocycles. The molecule has 0 N–H and O–H groups in total. The number of amides is 1. The molecular weight excluding hydrogens is 386 g/mol. The summed E-state index contributed by atoms with van der Waals surface area (Å²) >= 11 is 0. The molecule has 0 radical (unpaired) electrons. The number of hydrogen-bond donors (Lipinski definition) is 0. The van der Waals surface area contributed by atoms with E-state index in [0.717, 1.165) is 11.1 Å². The molecule has 8 nitrogen and oxygen atoms in total. The van der Waals surface area contributed by atoms with E-state index in [9.17, 15) is 14.9 Å². The summed E-state index contributed by atoms with van der Waals surface area (Å²) in [5.74, 6) is 1.30. The molecule has 3 rings (SSSR count). The highest BCUT2D eigenvalue weighted by molar-refractivity contribution is 5.92. The van der Waals surface area contributed by atoms with Crippen LogP contribution in [0.1, 0.15) is 11.1 Å². The van der Waals surface area contributed by atoms with E-state index in [2.05, 4.69) is 4.90 Å². The van der Waals surface area contributed by atoms with Gasteiger partial charge < -0.3 is 14.4 Å². The Labute approximate surface area is 175 Å². The van der Waals surface area contributed by atoms with Crippen molar-refractivity contribution in [3.05, 3.63) is 69.8 Å². The van der Waals surface area contributed by atoms with Gasteiger partial charge in [-0.25, -0.2) is 0 Å². The Morgan fingerprint density at radius 3 is 2.53 bits per heavy atom. The van der Waals surface area contributed by atoms with Gasteiger partial charge in [0.05, 0.1) is 19.1 Å². The first-order valence-corrected chi connectivity index (χ1v) is 9.65. The molecule has 1 aliphatic heterocycles. The minimum Gasteiger partial charge on any atom is -0.497 e. The first kappa shape index (κ1) is 21.3. The van der Waals surface area contributed by atoms with Gasteiger partial charge in [0.25, 0.3) is 5.69 Å². The quantitative estimate of drug-likeness (QED) is 0.396. The predicted molar refractivity (Wildman–Crippen MR) is 114 cm³/mol. The van der Waals surface area contributed by atoms with Gasteiger partial charge in [-0.2, -0.15) is 0 Å². The van der Waals surface area contributed by atoms with Crippen LogP contribution in [0.15, 0.2) is 48.5 Å². The van der Waals surface area contributed by atoms with Crippen LogP contribution in [-0.4, -0.2) is 61.0 Å². The van der Waals surface area contributed by atoms with E-state index in [-0.39, 0.29) is 16.5 Å². The monoisotopic (exact) mass is 411 g/mol. The van der Waals surface area contributed by atoms with Crippen LogP contribution in [0.25, 0.3) is 6.08 Å². The molecule has 30 heavy (non-hydrogen) atoms. The van der Waals surface area contributed by atoms with Crippen molar-refractivity contribution in [2.75, 3.05) is 40.4 Å². The third-order valence-corrected chi connectivity index (χ3v) is 5.05. The van der Waals surface area contributed by atoms with Crippen LogP contribution in [0.3, 0.4) is 0 Å². The van der Waals surface area contributed by atoms with Crippen molar-refractivity contribution in [3.63, 3.8) is 0 Å². The number of benzene rings is 2. The van der Waals surface area contributed by atoms with E-state index in [1.54, 1.807) is 55.5 Å². The van der Waals surface area contributed by atoms with E-state index >= 15 is 0 Å². The zero-order chi connectivity index (χ0) is 21.5. The number of piperazine rings is 1. The fraction of sp³-hybridized carbons (Fsp3) is 0.318. The predicted octanol–water partition coefficient (Wildman–Crippen LogP) is 2.97. The lowest BCUT2D eigenvalue weighted by Crippen LogP contribution is -2.47. The van der Waals surface area contributed by atoms with Crippen LogP contribution in [0.4, 0.5) is 5.69 Å². The average molecular weight is 411 g/mol. The molecule has 0 bridgehead atoms. The van der Waals surface area contributed by atoms with Gasteiger partial charge in [-0.15, -0.1) is 0 Å². The second-order valence-corrected chi connectivity index (χ2v) is 6.97. The third-order valence-electron chi connectivity index (χ3n) is 5.05. The fourth-order valence-electron chi connectivity index (χ4n) is 3.39. The van der Waals surface area contributed by atoms with Gasteiger partial charge in [-0.1, -0.05) is 12.1 Å². The molecule has 0 aliphatic carbocycles. The summed E-state index contributed by atoms with van der Waals surface area (Å²) in [7, 11) is 3.18. The molecule has 0 unspecified atom stereocenters. The zero-order valence-electron chi connectivity index (χ0n) is 17.1. The Hall–Kier alpha value is -3.39. The van der Waals surface area contributed by atoms with E-state index < -0.39 is 0 Å². The van der Waals surface area contributed by atoms with Gasteiger partial charge in [-0.05, 0) is 29.8 Å². The SMILES string of the molecule is COc1ccc(OC)c(/C=C/C(=O)N2CCN(Cc3cccc([N+](=O)[O-])c3)CC2)c1. The second kappa shape index (κ2) is 9.89. The lowest BCUT2D eigenvalue weighted by Gasteiger charge is -2.34. The van der Waals surface area contributed by atoms with Crippen molar-refractivity contribution in [2.45, 2.75) is 6.54 Å². The van der Waals surface area contributed by atoms with Crippen molar-refractivity contribution < 1.29 is 19.2 Å². The van der Waals surface area contributed by atoms with Crippen molar-refractivity contribution in [1.29, 1.82) is 0 Å². The Balaban J connectivity index is 1.56. The lowest BCUT2D eigenvalue weighted by molar-refractivity contribution is -0.384. The molecule has 8 heteroatoms. The Kier molecular flexibility index (Phi) is 7.03. The highest BCUT2D eigenvalue weighted by Gasteiger charge is 2.20. The zero-order valence-corrected chi connectivity index (χ0v) is 17.1. The normalized spacial score (nSPS) is 14.7. The summed E-state index contributed by atoms with van der Waals surface area (Å²) in [4.78, 5) is 27.1. The molecule has 1 aliphatic rings. The van der Waals surface area contributed by atoms with Gasteiger partial charge in [0, 0.05) is 56.5 Å². The van der Waals surface area contributed by atoms with Crippen molar-refractivity contribution in [3.8, 4) is 11.5 Å². The topological polar surface area (TPSA) is 85.2 Å². The number of carbonyl (C=O) groups is 1. The highest BCUT2D eigenvalue weighted by atomic mass is 16.6. The number of nitro groups is 1. The standard InChI is InChI=1S/C22H25N3O5/c1-29-20-7-8-21(30-2)18(15-20)6-9-22(26)24-12-10-23(11-13-24)16-17-4-3-5-19(14-17)25(27)28/h3-9,14-15H,10-13,16H2,1-2H3/b9-6+. The lowest BCUT2D eigenvalue weighted by atomic mass is 10.1. The Morgan fingerprint density at radius 1 is 1.10 bits per heavy atom. The number of methoxy groups -OCH3 is 2. The van der Waals surface area contributed by atoms with E-state index in [1.807, 2.05) is 12.1 Å². The van der Waals surface area contributed by atoms with Crippen LogP contribution < -0.4 is 9.47 Å². The minimum absolute atomic E-state index is 0.0603. The van der Waals surface area contributed by atoms with Gasteiger partial charge in [0.2, 0.25) is 5.91 Å². The largest absolute Gasteiger partial charge is 0.497 e. The number of nitro benzene ring substituents is 1. The van der Waals surface area contributed by atoms with Crippen molar-refractivity contribution >= 4 is 17.7 Å². The maximum absolute atomic E-state index is 12.6. The van der Waals surface area contributed by atoms with Gasteiger partial charge in [0.15, 0.2) is 0 Å². The maximum Gasteiger partial charge on any atom is 0.269 e. The molecule has 158 valence electrons. The van der Waals surface area contributed by atoms with Crippen molar-refractivity contribution in [1.82, 2.24) is 9.80 Å². The summed E-state index contributed by atoms with van der Waals surface area (Å²) in [6.07, 6.45) is 3.28. The summed E-state index contributed by atoms with van der Waals surface area (Å²) in [5.41, 5.74) is 1.77. The van der Waals surface area contributed by atoms with E-state index in [4.69, 9.17) is 9.47 Å². The van der Waals surface area contributed by atoms with Gasteiger partial charge >= 0.3 is 0 Å². The number of hydrogen-bond acceptors (Lipinski definition) is 6. The first-order chi connectivity index (χ1) is 14.5. The highest BCUT2D eigenvalue weighted by Crippen LogP contribution is 2.25. The summed E-state index contributed by atoms with van der Waals surface area (Å²) in [5, 5.41) is 10.9. The summed E-state index contributed by atoms with van der Waals surface area (Å²) in [6.45, 7) is 3.26. The molecule has 0 aromatic heterocycles. The van der Waals surface area contributed by atoms with Gasteiger partial charge in [-0.3, -0.25) is 19.8 Å². The summed E-state index contributed by atoms with van der Waals surface area (Å²) < 4.78 is 10.6. The fourth-order valence-corrected chi connectivity index (χ4v) is 3.39. The smallest absolute Gasteiger partial charge is 0.269 e. The number of nitrogens with zero attached hydrogens (tertiary/aromatic N) is 3. The molecule has 1 fully saturated rings. The molecule has 2 aromatic rings. The van der Waals surface area contributed by atoms with Crippen LogP contribution in [0.5, 0.6) is 11.5 Å². The first-order valence-electron chi connectivity index (χ1n) is 9.65. The number of carbonyl (C=O) groups excluding carboxylic acids is 1. The Morgan fingerprint density at radius 2 is 1.87 bits per heavy atom. The van der Waals surface area contributed by atoms with Crippen LogP contribution in [0.2, 0.25) is 0 Å². The minimum atomic E-state index is -0.385. The molecule has 1 saturated heterocycles. The molecule has 0 saturated carbocycles. The summed E-state index contributed by atoms with van der Waals surface area (Å²) in [6, 6.07) is 12.1. The third kappa shape index (κ3) is 5.36. The van der Waals surface area contributed by atoms with Crippen LogP contribution >= 0.6 is 0 Å². The second-order valence-electron chi connectivity index (χ2n) is 6.97. The number of rotatable bonds is 7. The maximum atomic E-state index is 12.6. The Bertz CT molecular complexity index is 936. The van der Waals surface area contributed by atoms with E-state index in [0.29, 0.717) is 44.2 Å². The number of non-ortho nitro benzene ring substituents is 1.